The van der Waals surface area contributed by atoms with Gasteiger partial charge in [0.15, 0.2) is 0 Å². The van der Waals surface area contributed by atoms with Crippen molar-refractivity contribution in [2.45, 2.75) is 18.9 Å². The molecule has 2 rings (SSSR count). The molecule has 0 spiro atoms. The van der Waals surface area contributed by atoms with Crippen LogP contribution in [0, 0.1) is 0 Å². The minimum atomic E-state index is 0.795. The van der Waals surface area contributed by atoms with Gasteiger partial charge in [-0.25, -0.2) is 0 Å². The van der Waals surface area contributed by atoms with Crippen LogP contribution in [0.3, 0.4) is 0 Å². The number of hydrogen-bond donors (Lipinski definition) is 0. The summed E-state index contributed by atoms with van der Waals surface area (Å²) in [6, 6.07) is 0.795. The summed E-state index contributed by atoms with van der Waals surface area (Å²) in [5.41, 5.74) is 0. The molecule has 2 heterocycles. The van der Waals surface area contributed by atoms with Gasteiger partial charge in [-0.2, -0.15) is 0 Å². The lowest BCUT2D eigenvalue weighted by atomic mass is 10.0. The molecule has 2 fully saturated rings. The third-order valence-corrected chi connectivity index (χ3v) is 4.17. The van der Waals surface area contributed by atoms with E-state index in [0.29, 0.717) is 0 Å². The van der Waals surface area contributed by atoms with E-state index in [1.807, 2.05) is 0 Å². The lowest BCUT2D eigenvalue weighted by molar-refractivity contribution is 0.0634. The second-order valence-electron chi connectivity index (χ2n) is 5.39. The van der Waals surface area contributed by atoms with Gasteiger partial charge in [0, 0.05) is 49.8 Å². The van der Waals surface area contributed by atoms with Crippen LogP contribution in [0.25, 0.3) is 0 Å². The summed E-state index contributed by atoms with van der Waals surface area (Å²) in [6.45, 7) is 12.3. The van der Waals surface area contributed by atoms with Crippen molar-refractivity contribution in [2.75, 3.05) is 52.9 Å². The first-order valence-corrected chi connectivity index (χ1v) is 7.42. The Kier molecular flexibility index (Phi) is 5.03. The fraction of sp³-hybridized carbons (Fsp3) is 0.846. The van der Waals surface area contributed by atoms with Crippen LogP contribution >= 0.6 is 15.9 Å². The summed E-state index contributed by atoms with van der Waals surface area (Å²) in [6.07, 6.45) is 2.75. The Labute approximate surface area is 114 Å². The van der Waals surface area contributed by atoms with Crippen molar-refractivity contribution in [2.24, 2.45) is 0 Å². The molecule has 0 N–H and O–H groups in total. The highest BCUT2D eigenvalue weighted by Gasteiger charge is 2.26. The molecule has 2 aliphatic heterocycles. The van der Waals surface area contributed by atoms with Crippen LogP contribution in [0.4, 0.5) is 0 Å². The van der Waals surface area contributed by atoms with Crippen molar-refractivity contribution in [1.82, 2.24) is 14.7 Å². The molecule has 0 saturated carbocycles. The first-order chi connectivity index (χ1) is 8.15. The van der Waals surface area contributed by atoms with E-state index >= 15 is 0 Å². The van der Waals surface area contributed by atoms with E-state index in [-0.39, 0.29) is 0 Å². The second kappa shape index (κ2) is 6.32. The summed E-state index contributed by atoms with van der Waals surface area (Å²) in [5, 5.41) is 0. The van der Waals surface area contributed by atoms with E-state index in [0.717, 1.165) is 17.1 Å². The molecule has 0 aromatic carbocycles. The molecule has 1 atom stereocenters. The second-order valence-corrected chi connectivity index (χ2v) is 6.51. The third-order valence-electron chi connectivity index (χ3n) is 3.92. The van der Waals surface area contributed by atoms with Crippen molar-refractivity contribution in [1.29, 1.82) is 0 Å². The van der Waals surface area contributed by atoms with Gasteiger partial charge >= 0.3 is 0 Å². The predicted octanol–water partition coefficient (Wildman–Crippen LogP) is 1.61. The summed E-state index contributed by atoms with van der Waals surface area (Å²) in [5.74, 6) is 0. The van der Waals surface area contributed by atoms with Crippen LogP contribution < -0.4 is 0 Å². The fourth-order valence-electron chi connectivity index (χ4n) is 2.97. The number of nitrogens with zero attached hydrogens (tertiary/aromatic N) is 3. The third kappa shape index (κ3) is 4.05. The van der Waals surface area contributed by atoms with Gasteiger partial charge in [-0.3, -0.25) is 9.80 Å². The van der Waals surface area contributed by atoms with Crippen LogP contribution in [-0.2, 0) is 0 Å². The van der Waals surface area contributed by atoms with Gasteiger partial charge in [-0.05, 0) is 26.4 Å². The van der Waals surface area contributed by atoms with E-state index in [4.69, 9.17) is 0 Å². The number of rotatable bonds is 3. The van der Waals surface area contributed by atoms with Crippen LogP contribution in [0.5, 0.6) is 0 Å². The topological polar surface area (TPSA) is 9.72 Å². The van der Waals surface area contributed by atoms with Crippen LogP contribution in [0.1, 0.15) is 12.8 Å². The fourth-order valence-corrected chi connectivity index (χ4v) is 3.32. The maximum absolute atomic E-state index is 3.92. The van der Waals surface area contributed by atoms with Gasteiger partial charge in [0.1, 0.15) is 0 Å². The standard InChI is InChI=1S/C13H24BrN3/c1-12(14)10-16-6-8-17(9-7-16)13-4-3-5-15(2)11-13/h13H,1,3-11H2,2H3/t13-/m1/s1. The molecule has 0 aromatic rings. The predicted molar refractivity (Wildman–Crippen MR) is 76.6 cm³/mol. The summed E-state index contributed by atoms with van der Waals surface area (Å²) < 4.78 is 1.10. The van der Waals surface area contributed by atoms with E-state index in [1.165, 1.54) is 52.1 Å². The van der Waals surface area contributed by atoms with Gasteiger partial charge in [-0.15, -0.1) is 0 Å². The highest BCUT2D eigenvalue weighted by Crippen LogP contribution is 2.17. The number of piperazine rings is 1. The van der Waals surface area contributed by atoms with E-state index < -0.39 is 0 Å². The molecule has 0 radical (unpaired) electrons. The van der Waals surface area contributed by atoms with Gasteiger partial charge in [0.05, 0.1) is 0 Å². The molecule has 0 bridgehead atoms. The zero-order chi connectivity index (χ0) is 12.3. The van der Waals surface area contributed by atoms with Crippen LogP contribution in [0.15, 0.2) is 11.1 Å². The molecule has 2 saturated heterocycles. The molecule has 0 aliphatic carbocycles. The van der Waals surface area contributed by atoms with Crippen molar-refractivity contribution < 1.29 is 0 Å². The molecule has 2 aliphatic rings. The largest absolute Gasteiger partial charge is 0.305 e. The Morgan fingerprint density at radius 2 is 1.94 bits per heavy atom. The minimum absolute atomic E-state index is 0.795. The van der Waals surface area contributed by atoms with Crippen molar-refractivity contribution in [3.05, 3.63) is 11.1 Å². The summed E-state index contributed by atoms with van der Waals surface area (Å²) in [7, 11) is 2.25. The van der Waals surface area contributed by atoms with Crippen LogP contribution in [0.2, 0.25) is 0 Å². The molecule has 4 heteroatoms. The first kappa shape index (κ1) is 13.5. The first-order valence-electron chi connectivity index (χ1n) is 6.63. The average molecular weight is 302 g/mol. The van der Waals surface area contributed by atoms with E-state index in [2.05, 4.69) is 44.3 Å². The molecule has 17 heavy (non-hydrogen) atoms. The number of likely N-dealkylation sites (N-methyl/N-ethyl adjacent to an activating group) is 1. The summed E-state index contributed by atoms with van der Waals surface area (Å²) >= 11 is 3.45. The average Bonchev–Trinajstić information content (AvgIpc) is 2.29. The molecule has 0 unspecified atom stereocenters. The van der Waals surface area contributed by atoms with Crippen molar-refractivity contribution in [3.8, 4) is 0 Å². The molecule has 98 valence electrons. The van der Waals surface area contributed by atoms with Crippen molar-refractivity contribution in [3.63, 3.8) is 0 Å². The maximum atomic E-state index is 3.92. The van der Waals surface area contributed by atoms with Crippen LogP contribution in [-0.4, -0.2) is 73.6 Å². The lowest BCUT2D eigenvalue weighted by Crippen LogP contribution is -2.54. The quantitative estimate of drug-likeness (QED) is 0.784. The molecule has 0 aromatic heterocycles. The monoisotopic (exact) mass is 301 g/mol. The van der Waals surface area contributed by atoms with E-state index in [1.54, 1.807) is 0 Å². The molecular formula is C13H24BrN3. The normalized spacial score (nSPS) is 29.4. The van der Waals surface area contributed by atoms with Gasteiger partial charge in [0.2, 0.25) is 0 Å². The zero-order valence-electron chi connectivity index (χ0n) is 10.9. The van der Waals surface area contributed by atoms with Gasteiger partial charge in [-0.1, -0.05) is 22.5 Å². The van der Waals surface area contributed by atoms with Crippen molar-refractivity contribution >= 4 is 15.9 Å². The lowest BCUT2D eigenvalue weighted by Gasteiger charge is -2.42. The van der Waals surface area contributed by atoms with E-state index in [9.17, 15) is 0 Å². The Morgan fingerprint density at radius 1 is 1.24 bits per heavy atom. The van der Waals surface area contributed by atoms with Gasteiger partial charge < -0.3 is 4.90 Å². The maximum Gasteiger partial charge on any atom is 0.0294 e. The Morgan fingerprint density at radius 3 is 2.53 bits per heavy atom. The highest BCUT2D eigenvalue weighted by molar-refractivity contribution is 9.11. The smallest absolute Gasteiger partial charge is 0.0294 e. The minimum Gasteiger partial charge on any atom is -0.305 e. The number of halogens is 1. The summed E-state index contributed by atoms with van der Waals surface area (Å²) in [4.78, 5) is 7.64. The highest BCUT2D eigenvalue weighted by atomic mass is 79.9. The Balaban J connectivity index is 1.76. The SMILES string of the molecule is C=C(Br)CN1CCN([C@@H]2CCCN(C)C2)CC1. The molecule has 3 nitrogen and oxygen atoms in total. The zero-order valence-corrected chi connectivity index (χ0v) is 12.5. The molecule has 0 amide bonds. The number of piperidine rings is 1. The number of hydrogen-bond acceptors (Lipinski definition) is 3. The Hall–Kier alpha value is 0.1000. The Bertz CT molecular complexity index is 261. The number of likely N-dealkylation sites (tertiary alicyclic amines) is 1. The molecular weight excluding hydrogens is 278 g/mol. The van der Waals surface area contributed by atoms with Gasteiger partial charge in [0.25, 0.3) is 0 Å².